The Bertz CT molecular complexity index is 2150. The second kappa shape index (κ2) is 14.1. The van der Waals surface area contributed by atoms with E-state index in [0.717, 1.165) is 22.7 Å². The molecule has 3 aromatic heterocycles. The van der Waals surface area contributed by atoms with E-state index in [-0.39, 0.29) is 30.3 Å². The van der Waals surface area contributed by atoms with Crippen LogP contribution in [0.25, 0.3) is 27.6 Å². The smallest absolute Gasteiger partial charge is 0.270 e. The summed E-state index contributed by atoms with van der Waals surface area (Å²) in [5.74, 6) is 2.04. The zero-order chi connectivity index (χ0) is 35.8. The van der Waals surface area contributed by atoms with Gasteiger partial charge in [-0.25, -0.2) is 9.37 Å². The van der Waals surface area contributed by atoms with E-state index >= 15 is 4.39 Å². The minimum Gasteiger partial charge on any atom is -0.496 e. The maximum absolute atomic E-state index is 16.7. The summed E-state index contributed by atoms with van der Waals surface area (Å²) in [6.07, 6.45) is 10.5. The van der Waals surface area contributed by atoms with Crippen molar-refractivity contribution in [2.75, 3.05) is 58.4 Å². The van der Waals surface area contributed by atoms with Gasteiger partial charge in [0.25, 0.3) is 5.91 Å². The molecule has 1 aliphatic carbocycles. The number of amides is 2. The third-order valence-electron chi connectivity index (χ3n) is 10.3. The lowest BCUT2D eigenvalue weighted by Crippen LogP contribution is -2.49. The number of nitrogens with one attached hydrogen (secondary N) is 1. The second-order valence-corrected chi connectivity index (χ2v) is 13.6. The number of H-pyrrole nitrogens is 1. The van der Waals surface area contributed by atoms with Crippen molar-refractivity contribution in [2.45, 2.75) is 38.1 Å². The number of ether oxygens (including phenoxy) is 2. The summed E-state index contributed by atoms with van der Waals surface area (Å²) in [6.45, 7) is 3.36. The number of hydrogen-bond acceptors (Lipinski definition) is 8. The fourth-order valence-corrected chi connectivity index (χ4v) is 7.34. The van der Waals surface area contributed by atoms with E-state index in [9.17, 15) is 9.59 Å². The Labute approximate surface area is 300 Å². The number of para-hydroxylation sites is 1. The molecule has 0 bridgehead atoms. The molecule has 0 radical (unpaired) electrons. The molecule has 5 heterocycles. The van der Waals surface area contributed by atoms with Crippen LogP contribution in [0.2, 0.25) is 0 Å². The summed E-state index contributed by atoms with van der Waals surface area (Å²) in [5, 5.41) is 8.33. The number of aromatic amines is 1. The highest BCUT2D eigenvalue weighted by molar-refractivity contribution is 6.05. The van der Waals surface area contributed by atoms with Crippen molar-refractivity contribution in [3.63, 3.8) is 0 Å². The number of carbonyl (C=O) groups excluding carboxylic acids is 2. The van der Waals surface area contributed by atoms with E-state index in [1.807, 2.05) is 42.6 Å². The van der Waals surface area contributed by atoms with Gasteiger partial charge in [-0.05, 0) is 66.1 Å². The van der Waals surface area contributed by atoms with E-state index in [1.54, 1.807) is 47.2 Å². The molecule has 268 valence electrons. The SMILES string of the molecule is COc1ccccc1-c1cc(C2=CCCN(C(=O)CCn3ccnn3)C2)c(F)c2[nH]c(C(=O)N3CCN(c4ncc(C5CC5)cc4OC)CC3)cc12. The molecule has 13 heteroatoms. The number of methoxy groups -OCH3 is 2. The first-order valence-corrected chi connectivity index (χ1v) is 17.8. The molecule has 0 spiro atoms. The number of aromatic nitrogens is 5. The predicted molar refractivity (Wildman–Crippen MR) is 195 cm³/mol. The number of anilines is 1. The highest BCUT2D eigenvalue weighted by Gasteiger charge is 2.30. The first-order valence-electron chi connectivity index (χ1n) is 17.8. The average Bonchev–Trinajstić information content (AvgIpc) is 3.72. The van der Waals surface area contributed by atoms with Crippen LogP contribution < -0.4 is 14.4 Å². The zero-order valence-corrected chi connectivity index (χ0v) is 29.3. The van der Waals surface area contributed by atoms with Gasteiger partial charge >= 0.3 is 0 Å². The normalized spacial score (nSPS) is 16.3. The minimum absolute atomic E-state index is 0.0371. The molecule has 2 aliphatic heterocycles. The van der Waals surface area contributed by atoms with Crippen molar-refractivity contribution >= 4 is 34.1 Å². The largest absolute Gasteiger partial charge is 0.496 e. The third-order valence-corrected chi connectivity index (χ3v) is 10.3. The van der Waals surface area contributed by atoms with Crippen LogP contribution in [0.5, 0.6) is 11.5 Å². The molecule has 1 saturated carbocycles. The minimum atomic E-state index is -0.464. The number of piperazine rings is 1. The summed E-state index contributed by atoms with van der Waals surface area (Å²) >= 11 is 0. The van der Waals surface area contributed by atoms with Crippen LogP contribution in [-0.4, -0.2) is 100 Å². The molecule has 2 fully saturated rings. The fourth-order valence-electron chi connectivity index (χ4n) is 7.34. The van der Waals surface area contributed by atoms with Crippen LogP contribution in [0.1, 0.15) is 53.2 Å². The van der Waals surface area contributed by atoms with Crippen molar-refractivity contribution < 1.29 is 23.5 Å². The van der Waals surface area contributed by atoms with E-state index < -0.39 is 5.82 Å². The number of rotatable bonds is 10. The number of fused-ring (bicyclic) bond motifs is 1. The molecule has 12 nitrogen and oxygen atoms in total. The van der Waals surface area contributed by atoms with Crippen LogP contribution in [-0.2, 0) is 11.3 Å². The zero-order valence-electron chi connectivity index (χ0n) is 29.3. The molecule has 3 aliphatic rings. The maximum Gasteiger partial charge on any atom is 0.270 e. The van der Waals surface area contributed by atoms with E-state index in [1.165, 1.54) is 18.4 Å². The monoisotopic (exact) mass is 704 g/mol. The molecule has 52 heavy (non-hydrogen) atoms. The van der Waals surface area contributed by atoms with Crippen molar-refractivity contribution in [1.29, 1.82) is 0 Å². The molecule has 0 atom stereocenters. The van der Waals surface area contributed by atoms with Crippen molar-refractivity contribution in [3.8, 4) is 22.6 Å². The van der Waals surface area contributed by atoms with Gasteiger partial charge in [0, 0.05) is 74.6 Å². The first kappa shape index (κ1) is 33.4. The topological polar surface area (TPSA) is 122 Å². The lowest BCUT2D eigenvalue weighted by molar-refractivity contribution is -0.131. The van der Waals surface area contributed by atoms with Gasteiger partial charge in [0.15, 0.2) is 17.4 Å². The van der Waals surface area contributed by atoms with Gasteiger partial charge < -0.3 is 29.2 Å². The summed E-state index contributed by atoms with van der Waals surface area (Å²) in [7, 11) is 3.27. The third kappa shape index (κ3) is 6.46. The Morgan fingerprint density at radius 2 is 1.75 bits per heavy atom. The first-order chi connectivity index (χ1) is 25.4. The number of pyridine rings is 1. The Morgan fingerprint density at radius 3 is 2.50 bits per heavy atom. The Hall–Kier alpha value is -5.72. The van der Waals surface area contributed by atoms with Crippen molar-refractivity contribution in [1.82, 2.24) is 34.8 Å². The molecule has 2 aromatic carbocycles. The van der Waals surface area contributed by atoms with Crippen LogP contribution in [0.4, 0.5) is 10.2 Å². The number of benzene rings is 2. The van der Waals surface area contributed by atoms with Gasteiger partial charge in [0.2, 0.25) is 5.91 Å². The molecule has 1 saturated heterocycles. The highest BCUT2D eigenvalue weighted by atomic mass is 19.1. The van der Waals surface area contributed by atoms with Gasteiger partial charge in [-0.15, -0.1) is 5.10 Å². The molecular formula is C39H41FN8O4. The molecular weight excluding hydrogens is 663 g/mol. The van der Waals surface area contributed by atoms with E-state index in [0.29, 0.717) is 79.6 Å². The van der Waals surface area contributed by atoms with Crippen LogP contribution >= 0.6 is 0 Å². The fraction of sp³-hybridized carbons (Fsp3) is 0.359. The Morgan fingerprint density at radius 1 is 0.942 bits per heavy atom. The average molecular weight is 705 g/mol. The Balaban J connectivity index is 1.07. The van der Waals surface area contributed by atoms with Gasteiger partial charge in [-0.1, -0.05) is 29.5 Å². The standard InChI is InChI=1S/C39H41FN8O4/c1-51-33-8-4-3-7-28(33)30-21-29(26-6-5-13-47(24-26)35(49)11-14-48-15-12-42-44-48)36(40)37-31(30)22-32(43-37)39(50)46-18-16-45(17-19-46)38-34(52-2)20-27(23-41-38)25-9-10-25/h3-4,6-8,12,15,20-23,25,43H,5,9-11,13-14,16-19,24H2,1-2H3. The van der Waals surface area contributed by atoms with Gasteiger partial charge in [-0.3, -0.25) is 14.3 Å². The molecule has 1 N–H and O–H groups in total. The lowest BCUT2D eigenvalue weighted by atomic mass is 9.93. The highest BCUT2D eigenvalue weighted by Crippen LogP contribution is 2.43. The summed E-state index contributed by atoms with van der Waals surface area (Å²) in [5.41, 5.74) is 4.35. The van der Waals surface area contributed by atoms with E-state index in [4.69, 9.17) is 14.5 Å². The molecule has 2 amide bonds. The molecule has 0 unspecified atom stereocenters. The van der Waals surface area contributed by atoms with E-state index in [2.05, 4.69) is 26.3 Å². The number of nitrogens with zero attached hydrogens (tertiary/aromatic N) is 7. The summed E-state index contributed by atoms with van der Waals surface area (Å²) < 4.78 is 29.8. The van der Waals surface area contributed by atoms with Crippen LogP contribution in [0.3, 0.4) is 0 Å². The number of hydrogen-bond donors (Lipinski definition) is 1. The van der Waals surface area contributed by atoms with Gasteiger partial charge in [0.1, 0.15) is 11.4 Å². The lowest BCUT2D eigenvalue weighted by Gasteiger charge is -2.35. The maximum atomic E-state index is 16.7. The van der Waals surface area contributed by atoms with Gasteiger partial charge in [-0.2, -0.15) is 0 Å². The van der Waals surface area contributed by atoms with Crippen molar-refractivity contribution in [3.05, 3.63) is 89.8 Å². The molecule has 8 rings (SSSR count). The predicted octanol–water partition coefficient (Wildman–Crippen LogP) is 5.52. The second-order valence-electron chi connectivity index (χ2n) is 13.6. The van der Waals surface area contributed by atoms with Crippen LogP contribution in [0, 0.1) is 5.82 Å². The molecule has 5 aromatic rings. The summed E-state index contributed by atoms with van der Waals surface area (Å²) in [4.78, 5) is 40.8. The van der Waals surface area contributed by atoms with Crippen LogP contribution in [0.15, 0.2) is 67.1 Å². The number of carbonyl (C=O) groups is 2. The summed E-state index contributed by atoms with van der Waals surface area (Å²) in [6, 6.07) is 13.2. The van der Waals surface area contributed by atoms with Gasteiger partial charge in [0.05, 0.1) is 32.5 Å². The number of halogens is 1. The van der Waals surface area contributed by atoms with Crippen molar-refractivity contribution in [2.24, 2.45) is 0 Å². The number of aryl methyl sites for hydroxylation is 1. The Kier molecular flexibility index (Phi) is 9.08. The quantitative estimate of drug-likeness (QED) is 0.202.